The summed E-state index contributed by atoms with van der Waals surface area (Å²) in [5.41, 5.74) is 1.28. The van der Waals surface area contributed by atoms with Crippen molar-refractivity contribution in [3.63, 3.8) is 0 Å². The van der Waals surface area contributed by atoms with Gasteiger partial charge in [0.15, 0.2) is 9.96 Å². The van der Waals surface area contributed by atoms with E-state index < -0.39 is 22.5 Å². The lowest BCUT2D eigenvalue weighted by molar-refractivity contribution is -0.384. The standard InChI is InChI=1S/C28H23N5O6S2/c1-4-39-26(35)23-16(2)31-28-32(24(23)17-6-9-20(38-3)10-7-17)25(34)22(41-28)15-18-14-19(33(36)37)8-11-21(18)40-27-29-12-5-13-30-27/h5-15,24H,4H2,1-3H3. The summed E-state index contributed by atoms with van der Waals surface area (Å²) in [4.78, 5) is 52.2. The molecule has 0 spiro atoms. The number of allylic oxidation sites excluding steroid dienone is 1. The van der Waals surface area contributed by atoms with Crippen LogP contribution in [0.1, 0.15) is 31.0 Å². The van der Waals surface area contributed by atoms with Gasteiger partial charge in [0.1, 0.15) is 5.75 Å². The van der Waals surface area contributed by atoms with Gasteiger partial charge in [-0.05, 0) is 67.1 Å². The topological polar surface area (TPSA) is 139 Å². The van der Waals surface area contributed by atoms with Crippen LogP contribution in [-0.2, 0) is 9.53 Å². The van der Waals surface area contributed by atoms with Gasteiger partial charge in [-0.2, -0.15) is 0 Å². The number of thiazole rings is 1. The Labute approximate surface area is 241 Å². The highest BCUT2D eigenvalue weighted by atomic mass is 32.2. The molecule has 0 bridgehead atoms. The van der Waals surface area contributed by atoms with Gasteiger partial charge in [0, 0.05) is 29.4 Å². The minimum absolute atomic E-state index is 0.126. The zero-order valence-electron chi connectivity index (χ0n) is 22.1. The van der Waals surface area contributed by atoms with E-state index in [1.165, 1.54) is 28.5 Å². The Bertz CT molecular complexity index is 1850. The van der Waals surface area contributed by atoms with E-state index in [1.807, 2.05) is 0 Å². The maximum absolute atomic E-state index is 14.0. The van der Waals surface area contributed by atoms with Crippen LogP contribution in [0.2, 0.25) is 0 Å². The Kier molecular flexibility index (Phi) is 8.08. The first-order chi connectivity index (χ1) is 19.8. The Morgan fingerprint density at radius 3 is 2.59 bits per heavy atom. The van der Waals surface area contributed by atoms with Gasteiger partial charge in [0.05, 0.1) is 40.5 Å². The molecular weight excluding hydrogens is 566 g/mol. The van der Waals surface area contributed by atoms with E-state index in [-0.39, 0.29) is 22.4 Å². The number of ether oxygens (including phenoxy) is 2. The van der Waals surface area contributed by atoms with Crippen molar-refractivity contribution >= 4 is 40.8 Å². The highest BCUT2D eigenvalue weighted by Gasteiger charge is 2.33. The van der Waals surface area contributed by atoms with Crippen LogP contribution in [0.25, 0.3) is 6.08 Å². The number of hydrogen-bond donors (Lipinski definition) is 0. The van der Waals surface area contributed by atoms with Crippen LogP contribution in [-0.4, -0.2) is 39.1 Å². The van der Waals surface area contributed by atoms with Gasteiger partial charge in [-0.25, -0.2) is 19.8 Å². The van der Waals surface area contributed by atoms with E-state index >= 15 is 0 Å². The third-order valence-electron chi connectivity index (χ3n) is 6.18. The molecule has 2 aromatic carbocycles. The third kappa shape index (κ3) is 5.67. The molecule has 4 aromatic rings. The number of methoxy groups -OCH3 is 1. The SMILES string of the molecule is CCOC(=O)C1=C(C)N=c2sc(=Cc3cc([N+](=O)[O-])ccc3Sc3ncccn3)c(=O)n2C1c1ccc(OC)cc1. The second-order valence-electron chi connectivity index (χ2n) is 8.69. The molecule has 2 aromatic heterocycles. The molecule has 1 aliphatic heterocycles. The molecule has 3 heterocycles. The van der Waals surface area contributed by atoms with Crippen molar-refractivity contribution < 1.29 is 19.2 Å². The summed E-state index contributed by atoms with van der Waals surface area (Å²) in [5.74, 6) is 0.0571. The molecule has 0 radical (unpaired) electrons. The number of rotatable bonds is 8. The van der Waals surface area contributed by atoms with Crippen LogP contribution >= 0.6 is 23.1 Å². The van der Waals surface area contributed by atoms with Crippen LogP contribution in [0.5, 0.6) is 5.75 Å². The van der Waals surface area contributed by atoms with Crippen LogP contribution in [0.15, 0.2) is 92.0 Å². The molecule has 1 unspecified atom stereocenters. The molecule has 0 saturated heterocycles. The summed E-state index contributed by atoms with van der Waals surface area (Å²) in [7, 11) is 1.55. The number of carbonyl (C=O) groups excluding carboxylic acids is 1. The number of nitrogens with zero attached hydrogens (tertiary/aromatic N) is 5. The average Bonchev–Trinajstić information content (AvgIpc) is 3.27. The smallest absolute Gasteiger partial charge is 0.338 e. The molecule has 1 atom stereocenters. The van der Waals surface area contributed by atoms with E-state index in [4.69, 9.17) is 9.47 Å². The molecule has 11 nitrogen and oxygen atoms in total. The lowest BCUT2D eigenvalue weighted by atomic mass is 9.96. The summed E-state index contributed by atoms with van der Waals surface area (Å²) in [5, 5.41) is 12.0. The van der Waals surface area contributed by atoms with E-state index in [0.29, 0.717) is 37.4 Å². The number of non-ortho nitro benzene ring substituents is 1. The van der Waals surface area contributed by atoms with E-state index in [1.54, 1.807) is 75.8 Å². The Balaban J connectivity index is 1.70. The van der Waals surface area contributed by atoms with Gasteiger partial charge < -0.3 is 9.47 Å². The minimum atomic E-state index is -0.796. The highest BCUT2D eigenvalue weighted by Crippen LogP contribution is 2.33. The van der Waals surface area contributed by atoms with Crippen LogP contribution < -0.4 is 19.6 Å². The zero-order chi connectivity index (χ0) is 29.1. The number of aromatic nitrogens is 3. The molecule has 0 N–H and O–H groups in total. The molecule has 5 rings (SSSR count). The minimum Gasteiger partial charge on any atom is -0.497 e. The van der Waals surface area contributed by atoms with Gasteiger partial charge in [0.2, 0.25) is 0 Å². The number of fused-ring (bicyclic) bond motifs is 1. The maximum atomic E-state index is 14.0. The first-order valence-electron chi connectivity index (χ1n) is 12.4. The molecule has 0 fully saturated rings. The molecule has 208 valence electrons. The van der Waals surface area contributed by atoms with Gasteiger partial charge >= 0.3 is 5.97 Å². The Morgan fingerprint density at radius 2 is 1.93 bits per heavy atom. The van der Waals surface area contributed by atoms with Crippen molar-refractivity contribution in [1.82, 2.24) is 14.5 Å². The predicted octanol–water partition coefficient (Wildman–Crippen LogP) is 3.66. The third-order valence-corrected chi connectivity index (χ3v) is 8.15. The van der Waals surface area contributed by atoms with Crippen LogP contribution in [0.3, 0.4) is 0 Å². The van der Waals surface area contributed by atoms with E-state index in [9.17, 15) is 19.7 Å². The number of nitro groups is 1. The van der Waals surface area contributed by atoms with Crippen molar-refractivity contribution in [2.24, 2.45) is 4.99 Å². The van der Waals surface area contributed by atoms with Crippen molar-refractivity contribution in [2.45, 2.75) is 29.9 Å². The summed E-state index contributed by atoms with van der Waals surface area (Å²) in [6, 6.07) is 12.4. The maximum Gasteiger partial charge on any atom is 0.338 e. The molecular formula is C28H23N5O6S2. The lowest BCUT2D eigenvalue weighted by Gasteiger charge is -2.24. The quantitative estimate of drug-likeness (QED) is 0.130. The zero-order valence-corrected chi connectivity index (χ0v) is 23.8. The second-order valence-corrected chi connectivity index (χ2v) is 10.7. The molecule has 41 heavy (non-hydrogen) atoms. The summed E-state index contributed by atoms with van der Waals surface area (Å²) in [6.07, 6.45) is 4.79. The highest BCUT2D eigenvalue weighted by molar-refractivity contribution is 7.99. The molecule has 13 heteroatoms. The van der Waals surface area contributed by atoms with Crippen LogP contribution in [0.4, 0.5) is 5.69 Å². The first kappa shape index (κ1) is 27.9. The average molecular weight is 590 g/mol. The number of esters is 1. The normalized spacial score (nSPS) is 14.8. The molecule has 1 aliphatic rings. The van der Waals surface area contributed by atoms with Gasteiger partial charge in [0.25, 0.3) is 11.2 Å². The van der Waals surface area contributed by atoms with Gasteiger partial charge in [-0.1, -0.05) is 23.5 Å². The molecule has 0 amide bonds. The number of nitro benzene ring substituents is 1. The Hall–Kier alpha value is -4.62. The largest absolute Gasteiger partial charge is 0.497 e. The second kappa shape index (κ2) is 11.9. The van der Waals surface area contributed by atoms with Crippen LogP contribution in [0, 0.1) is 10.1 Å². The van der Waals surface area contributed by atoms with E-state index in [0.717, 1.165) is 11.3 Å². The fourth-order valence-electron chi connectivity index (χ4n) is 4.33. The molecule has 0 saturated carbocycles. The predicted molar refractivity (Wildman–Crippen MR) is 153 cm³/mol. The number of hydrogen-bond acceptors (Lipinski definition) is 11. The lowest BCUT2D eigenvalue weighted by Crippen LogP contribution is -2.39. The number of carbonyl (C=O) groups is 1. The van der Waals surface area contributed by atoms with Gasteiger partial charge in [-0.3, -0.25) is 19.5 Å². The summed E-state index contributed by atoms with van der Waals surface area (Å²) in [6.45, 7) is 3.57. The van der Waals surface area contributed by atoms with Crippen molar-refractivity contribution in [1.29, 1.82) is 0 Å². The fourth-order valence-corrected chi connectivity index (χ4v) is 6.16. The van der Waals surface area contributed by atoms with Crippen molar-refractivity contribution in [3.8, 4) is 5.75 Å². The molecule has 0 aliphatic carbocycles. The number of benzene rings is 2. The van der Waals surface area contributed by atoms with Crippen molar-refractivity contribution in [3.05, 3.63) is 113 Å². The summed E-state index contributed by atoms with van der Waals surface area (Å²) >= 11 is 2.35. The Morgan fingerprint density at radius 1 is 1.20 bits per heavy atom. The van der Waals surface area contributed by atoms with E-state index in [2.05, 4.69) is 15.0 Å². The monoisotopic (exact) mass is 589 g/mol. The van der Waals surface area contributed by atoms with Crippen molar-refractivity contribution in [2.75, 3.05) is 13.7 Å². The van der Waals surface area contributed by atoms with Gasteiger partial charge in [-0.15, -0.1) is 0 Å². The summed E-state index contributed by atoms with van der Waals surface area (Å²) < 4.78 is 12.4. The fraction of sp³-hybridized carbons (Fsp3) is 0.179. The first-order valence-corrected chi connectivity index (χ1v) is 14.0.